The Kier molecular flexibility index (Phi) is 22.1. The fourth-order valence-corrected chi connectivity index (χ4v) is 11.3. The van der Waals surface area contributed by atoms with Crippen LogP contribution in [0.15, 0.2) is 114 Å². The Hall–Kier alpha value is -8.24. The fourth-order valence-electron chi connectivity index (χ4n) is 10.6. The first kappa shape index (κ1) is 66.7. The number of hydrogen-bond donors (Lipinski definition) is 4. The van der Waals surface area contributed by atoms with E-state index in [2.05, 4.69) is 56.5 Å². The second-order valence-electron chi connectivity index (χ2n) is 22.4. The Morgan fingerprint density at radius 2 is 1.05 bits per heavy atom. The molecule has 12 rings (SSSR count). The molecule has 6 heterocycles. The highest BCUT2D eigenvalue weighted by Gasteiger charge is 2.36. The lowest BCUT2D eigenvalue weighted by atomic mass is 9.82. The maximum atomic E-state index is 14.2. The second-order valence-corrected chi connectivity index (χ2v) is 24.2. The number of rotatable bonds is 20. The van der Waals surface area contributed by atoms with Gasteiger partial charge in [0.15, 0.2) is 11.6 Å². The molecule has 0 bridgehead atoms. The Balaban J connectivity index is 0.000000169. The minimum atomic E-state index is -1.45. The van der Waals surface area contributed by atoms with Crippen molar-refractivity contribution in [3.05, 3.63) is 158 Å². The molecule has 4 aliphatic rings. The predicted octanol–water partition coefficient (Wildman–Crippen LogP) is 6.94. The Morgan fingerprint density at radius 3 is 1.48 bits per heavy atom. The number of halogens is 5. The lowest BCUT2D eigenvalue weighted by molar-refractivity contribution is -0.137. The van der Waals surface area contributed by atoms with E-state index >= 15 is 0 Å². The summed E-state index contributed by atoms with van der Waals surface area (Å²) in [4.78, 5) is 92.6. The molecule has 0 atom stereocenters. The van der Waals surface area contributed by atoms with Gasteiger partial charge in [0, 0.05) is 115 Å². The largest absolute Gasteiger partial charge is 0.490 e. The van der Waals surface area contributed by atoms with Gasteiger partial charge >= 0.3 is 7.12 Å². The van der Waals surface area contributed by atoms with Crippen LogP contribution < -0.4 is 25.9 Å². The van der Waals surface area contributed by atoms with Gasteiger partial charge in [0.05, 0.1) is 60.6 Å². The van der Waals surface area contributed by atoms with E-state index in [1.807, 2.05) is 42.6 Å². The van der Waals surface area contributed by atoms with Gasteiger partial charge in [0.2, 0.25) is 23.6 Å². The van der Waals surface area contributed by atoms with E-state index in [1.54, 1.807) is 48.5 Å². The third kappa shape index (κ3) is 16.9. The summed E-state index contributed by atoms with van der Waals surface area (Å²) in [5.41, 5.74) is 4.57. The normalized spacial score (nSPS) is 14.6. The topological polar surface area (TPSA) is 260 Å². The third-order valence-electron chi connectivity index (χ3n) is 15.8. The minimum absolute atomic E-state index is 0.0139. The van der Waals surface area contributed by atoms with Crippen LogP contribution in [-0.2, 0) is 54.8 Å². The molecular weight excluding hydrogens is 1300 g/mol. The van der Waals surface area contributed by atoms with Crippen LogP contribution in [0.3, 0.4) is 0 Å². The van der Waals surface area contributed by atoms with Gasteiger partial charge in [-0.3, -0.25) is 38.1 Å². The number of Topliss-reactive ketones (excluding diaryl/α,β-unsaturated/α-hetero) is 2. The minimum Gasteiger partial charge on any atom is -0.423 e. The van der Waals surface area contributed by atoms with E-state index in [9.17, 15) is 37.5 Å². The quantitative estimate of drug-likeness (QED) is 0.0445. The van der Waals surface area contributed by atoms with Gasteiger partial charge in [-0.2, -0.15) is 10.2 Å². The van der Waals surface area contributed by atoms with Crippen LogP contribution in [0.2, 0.25) is 10.0 Å². The number of fused-ring (bicyclic) bond motifs is 2. The molecule has 2 saturated heterocycles. The smallest absolute Gasteiger partial charge is 0.423 e. The summed E-state index contributed by atoms with van der Waals surface area (Å²) < 4.78 is 42.8. The van der Waals surface area contributed by atoms with E-state index in [1.165, 1.54) is 51.3 Å². The summed E-state index contributed by atoms with van der Waals surface area (Å²) in [6.45, 7) is 8.29. The van der Waals surface area contributed by atoms with Crippen LogP contribution in [0.5, 0.6) is 0 Å². The highest BCUT2D eigenvalue weighted by Crippen LogP contribution is 2.32. The van der Waals surface area contributed by atoms with E-state index < -0.39 is 30.6 Å². The van der Waals surface area contributed by atoms with E-state index in [-0.39, 0.29) is 102 Å². The zero-order valence-corrected chi connectivity index (χ0v) is 53.5. The summed E-state index contributed by atoms with van der Waals surface area (Å²) in [6, 6.07) is 27.6. The summed E-state index contributed by atoms with van der Waals surface area (Å²) >= 11 is 15.0. The first-order chi connectivity index (χ1) is 44.3. The molecule has 92 heavy (non-hydrogen) atoms. The molecule has 480 valence electrons. The molecular formula is C64H66BBrCl2F2N12O10. The monoisotopic (exact) mass is 1360 g/mol. The second kappa shape index (κ2) is 30.5. The van der Waals surface area contributed by atoms with Crippen LogP contribution >= 0.6 is 39.1 Å². The van der Waals surface area contributed by atoms with Crippen LogP contribution in [-0.4, -0.2) is 169 Å². The van der Waals surface area contributed by atoms with E-state index in [4.69, 9.17) is 42.7 Å². The van der Waals surface area contributed by atoms with Gasteiger partial charge in [-0.25, -0.2) is 18.7 Å². The molecule has 4 N–H and O–H groups in total. The van der Waals surface area contributed by atoms with Crippen molar-refractivity contribution in [1.29, 1.82) is 0 Å². The summed E-state index contributed by atoms with van der Waals surface area (Å²) in [7, 11) is -1.45. The number of morpholine rings is 2. The summed E-state index contributed by atoms with van der Waals surface area (Å²) in [6.07, 6.45) is 6.51. The molecule has 4 aromatic heterocycles. The number of pyridine rings is 2. The maximum Gasteiger partial charge on any atom is 0.490 e. The number of anilines is 2. The number of carbonyl (C=O) groups is 6. The highest BCUT2D eigenvalue weighted by molar-refractivity contribution is 9.10. The third-order valence-corrected chi connectivity index (χ3v) is 16.9. The van der Waals surface area contributed by atoms with Crippen molar-refractivity contribution >= 4 is 120 Å². The maximum absolute atomic E-state index is 14.2. The van der Waals surface area contributed by atoms with Gasteiger partial charge in [0.25, 0.3) is 0 Å². The number of nitrogens with one attached hydrogen (secondary N) is 2. The molecule has 4 amide bonds. The Bertz CT molecular complexity index is 4020. The number of hydrogen-bond acceptors (Lipinski definition) is 16. The number of benzene rings is 4. The molecule has 22 nitrogen and oxygen atoms in total. The van der Waals surface area contributed by atoms with E-state index in [0.29, 0.717) is 59.4 Å². The van der Waals surface area contributed by atoms with Crippen LogP contribution in [0, 0.1) is 11.6 Å². The van der Waals surface area contributed by atoms with Gasteiger partial charge < -0.3 is 49.8 Å². The number of carbonyl (C=O) groups excluding carboxylic acids is 6. The van der Waals surface area contributed by atoms with Gasteiger partial charge in [-0.1, -0.05) is 75.5 Å². The van der Waals surface area contributed by atoms with Crippen molar-refractivity contribution in [3.8, 4) is 11.1 Å². The van der Waals surface area contributed by atoms with Crippen LogP contribution in [0.25, 0.3) is 32.9 Å². The highest BCUT2D eigenvalue weighted by atomic mass is 79.9. The molecule has 4 aromatic carbocycles. The Labute approximate surface area is 547 Å². The molecule has 0 radical (unpaired) electrons. The number of amides is 4. The van der Waals surface area contributed by atoms with Gasteiger partial charge in [0.1, 0.15) is 47.7 Å². The molecule has 2 aliphatic heterocycles. The molecule has 2 saturated carbocycles. The Morgan fingerprint density at radius 1 is 0.609 bits per heavy atom. The molecule has 0 unspecified atom stereocenters. The zero-order chi connectivity index (χ0) is 65.2. The van der Waals surface area contributed by atoms with Gasteiger partial charge in [-0.05, 0) is 91.9 Å². The fraction of sp³-hybridized carbons (Fsp3) is 0.344. The van der Waals surface area contributed by atoms with Crippen molar-refractivity contribution in [1.82, 2.24) is 50.0 Å². The average Bonchev–Trinajstić information content (AvgIpc) is 1.65. The van der Waals surface area contributed by atoms with Crippen molar-refractivity contribution < 1.29 is 57.1 Å². The zero-order valence-electron chi connectivity index (χ0n) is 50.4. The summed E-state index contributed by atoms with van der Waals surface area (Å²) in [5.74, 6) is -1.20. The molecule has 8 aromatic rings. The lowest BCUT2D eigenvalue weighted by Gasteiger charge is -2.27. The molecule has 28 heteroatoms. The average molecular weight is 1360 g/mol. The van der Waals surface area contributed by atoms with E-state index in [0.717, 1.165) is 79.1 Å². The predicted molar refractivity (Wildman–Crippen MR) is 347 cm³/mol. The van der Waals surface area contributed by atoms with Gasteiger partial charge in [-0.15, -0.1) is 0 Å². The van der Waals surface area contributed by atoms with Crippen molar-refractivity contribution in [2.45, 2.75) is 77.8 Å². The number of ketones is 2. The molecule has 2 aliphatic carbocycles. The first-order valence-corrected chi connectivity index (χ1v) is 31.5. The van der Waals surface area contributed by atoms with Crippen molar-refractivity contribution in [3.63, 3.8) is 0 Å². The number of nitrogens with zero attached hydrogens (tertiary/aromatic N) is 10. The molecule has 4 fully saturated rings. The lowest BCUT2D eigenvalue weighted by Crippen LogP contribution is -2.43. The van der Waals surface area contributed by atoms with Crippen molar-refractivity contribution in [2.75, 3.05) is 75.5 Å². The summed E-state index contributed by atoms with van der Waals surface area (Å²) in [5, 5.41) is 33.3. The van der Waals surface area contributed by atoms with Crippen molar-refractivity contribution in [2.24, 2.45) is 0 Å². The van der Waals surface area contributed by atoms with Crippen LogP contribution in [0.4, 0.5) is 20.4 Å². The van der Waals surface area contributed by atoms with Crippen LogP contribution in [0.1, 0.15) is 71.6 Å². The SMILES string of the molecule is CC(=O)c1nn(CC(=O)N(CC(=O)NCc2cccc(Cl)c2F)C2CC2)c2ccc(-c3ccc(N4CCOCC4)nc3)cc12.CC(=O)c1nn(CC(=O)N(CC(=O)NCc2cccc(Cl)c2F)C2CC2)c2ccc(Br)cc12.OB(O)c1ccc(N2CCOCC2)nc1. The number of ether oxygens (including phenoxy) is 2. The molecule has 0 spiro atoms. The first-order valence-electron chi connectivity index (χ1n) is 29.9. The standard InChI is InChI=1S/C32H32ClFN6O4.C23H21BrClFN4O3.C9H13BN2O3/c1-20(41)32-25-15-21(22-6-10-28(35-16-22)38-11-13-44-14-12-38)5-9-27(25)40(37-32)19-30(43)39(24-7-8-24)18-29(42)36-17-23-3-2-4-26(33)31(23)34;1-13(31)23-17-9-15(24)5-8-19(17)30(28-23)12-21(33)29(16-6-7-16)11-20(32)27-10-14-3-2-4-18(25)22(14)26;13-10(14)8-1-2-9(11-7-8)12-3-5-15-6-4-12/h2-6,9-10,15-16,24H,7-8,11-14,17-19H2,1H3,(H,36,42);2-5,8-9,16H,6-7,10-12H2,1H3,(H,27,32);1-2,7,13-14H,3-6H2. The number of aromatic nitrogens is 6.